The molecule has 0 bridgehead atoms. The molecule has 21 heavy (non-hydrogen) atoms. The van der Waals surface area contributed by atoms with Crippen molar-refractivity contribution in [3.05, 3.63) is 64.7 Å². The Hall–Kier alpha value is -1.78. The molecule has 2 rings (SSSR count). The predicted octanol–water partition coefficient (Wildman–Crippen LogP) is 2.97. The Morgan fingerprint density at radius 1 is 1.24 bits per heavy atom. The van der Waals surface area contributed by atoms with Crippen LogP contribution in [-0.4, -0.2) is 23.5 Å². The first-order valence-corrected chi connectivity index (χ1v) is 7.10. The quantitative estimate of drug-likeness (QED) is 0.919. The lowest BCUT2D eigenvalue weighted by molar-refractivity contribution is 0.238. The summed E-state index contributed by atoms with van der Waals surface area (Å²) < 4.78 is 13.5. The van der Waals surface area contributed by atoms with Crippen LogP contribution in [0.5, 0.6) is 0 Å². The second-order valence-corrected chi connectivity index (χ2v) is 5.44. The van der Waals surface area contributed by atoms with Gasteiger partial charge in [0, 0.05) is 24.8 Å². The Balaban J connectivity index is 2.22. The van der Waals surface area contributed by atoms with E-state index in [1.54, 1.807) is 12.1 Å². The predicted molar refractivity (Wildman–Crippen MR) is 83.4 cm³/mol. The summed E-state index contributed by atoms with van der Waals surface area (Å²) in [5, 5.41) is 0. The summed E-state index contributed by atoms with van der Waals surface area (Å²) in [4.78, 5) is 6.62. The fourth-order valence-electron chi connectivity index (χ4n) is 2.57. The van der Waals surface area contributed by atoms with Gasteiger partial charge in [-0.15, -0.1) is 0 Å². The van der Waals surface area contributed by atoms with Crippen molar-refractivity contribution in [2.24, 2.45) is 5.73 Å². The molecule has 1 unspecified atom stereocenters. The Kier molecular flexibility index (Phi) is 5.04. The van der Waals surface area contributed by atoms with E-state index in [1.165, 1.54) is 6.07 Å². The summed E-state index contributed by atoms with van der Waals surface area (Å²) >= 11 is 0. The van der Waals surface area contributed by atoms with Gasteiger partial charge in [-0.25, -0.2) is 4.39 Å². The molecule has 0 aliphatic heterocycles. The summed E-state index contributed by atoms with van der Waals surface area (Å²) in [5.41, 5.74) is 9.90. The van der Waals surface area contributed by atoms with E-state index < -0.39 is 0 Å². The number of hydrogen-bond acceptors (Lipinski definition) is 3. The molecular formula is C17H22FN3. The molecule has 2 aromatic rings. The molecule has 1 heterocycles. The molecule has 0 aliphatic carbocycles. The van der Waals surface area contributed by atoms with E-state index >= 15 is 0 Å². The minimum absolute atomic E-state index is 0.0250. The van der Waals surface area contributed by atoms with Gasteiger partial charge in [-0.2, -0.15) is 0 Å². The normalized spacial score (nSPS) is 12.7. The molecule has 3 nitrogen and oxygen atoms in total. The highest BCUT2D eigenvalue weighted by Gasteiger charge is 2.18. The number of benzene rings is 1. The molecule has 2 N–H and O–H groups in total. The molecule has 0 radical (unpaired) electrons. The van der Waals surface area contributed by atoms with Gasteiger partial charge in [0.25, 0.3) is 0 Å². The van der Waals surface area contributed by atoms with Crippen LogP contribution >= 0.6 is 0 Å². The van der Waals surface area contributed by atoms with Gasteiger partial charge in [-0.3, -0.25) is 9.88 Å². The summed E-state index contributed by atoms with van der Waals surface area (Å²) in [6.07, 6.45) is 0. The zero-order valence-electron chi connectivity index (χ0n) is 12.8. The lowest BCUT2D eigenvalue weighted by Crippen LogP contribution is -2.31. The maximum atomic E-state index is 13.5. The highest BCUT2D eigenvalue weighted by Crippen LogP contribution is 2.24. The topological polar surface area (TPSA) is 42.1 Å². The first-order valence-electron chi connectivity index (χ1n) is 7.10. The molecule has 0 fully saturated rings. The molecule has 0 spiro atoms. The number of halogens is 1. The number of hydrogen-bond donors (Lipinski definition) is 1. The van der Waals surface area contributed by atoms with Crippen LogP contribution in [0.15, 0.2) is 36.4 Å². The molecule has 1 aromatic heterocycles. The number of rotatable bonds is 5. The molecule has 1 atom stereocenters. The van der Waals surface area contributed by atoms with Gasteiger partial charge in [0.1, 0.15) is 5.82 Å². The third-order valence-electron chi connectivity index (χ3n) is 3.71. The van der Waals surface area contributed by atoms with Crippen LogP contribution in [0.1, 0.15) is 28.6 Å². The Morgan fingerprint density at radius 2 is 2.00 bits per heavy atom. The van der Waals surface area contributed by atoms with Gasteiger partial charge in [0.05, 0.1) is 5.69 Å². The largest absolute Gasteiger partial charge is 0.329 e. The summed E-state index contributed by atoms with van der Waals surface area (Å²) in [7, 11) is 1.99. The van der Waals surface area contributed by atoms with E-state index in [2.05, 4.69) is 9.88 Å². The van der Waals surface area contributed by atoms with Gasteiger partial charge >= 0.3 is 0 Å². The van der Waals surface area contributed by atoms with E-state index in [9.17, 15) is 4.39 Å². The summed E-state index contributed by atoms with van der Waals surface area (Å²) in [5.74, 6) is -0.226. The van der Waals surface area contributed by atoms with Crippen molar-refractivity contribution < 1.29 is 4.39 Å². The highest BCUT2D eigenvalue weighted by atomic mass is 19.1. The zero-order chi connectivity index (χ0) is 15.4. The van der Waals surface area contributed by atoms with Crippen molar-refractivity contribution in [1.82, 2.24) is 9.88 Å². The van der Waals surface area contributed by atoms with Crippen LogP contribution in [0.4, 0.5) is 4.39 Å². The van der Waals surface area contributed by atoms with Crippen LogP contribution in [0, 0.1) is 19.7 Å². The number of nitrogens with zero attached hydrogens (tertiary/aromatic N) is 2. The third kappa shape index (κ3) is 3.86. The minimum Gasteiger partial charge on any atom is -0.329 e. The van der Waals surface area contributed by atoms with Crippen molar-refractivity contribution in [1.29, 1.82) is 0 Å². The van der Waals surface area contributed by atoms with Gasteiger partial charge < -0.3 is 5.73 Å². The Morgan fingerprint density at radius 3 is 2.67 bits per heavy atom. The van der Waals surface area contributed by atoms with Crippen molar-refractivity contribution in [2.75, 3.05) is 13.6 Å². The van der Waals surface area contributed by atoms with Gasteiger partial charge in [0.2, 0.25) is 0 Å². The lowest BCUT2D eigenvalue weighted by Gasteiger charge is -2.28. The zero-order valence-corrected chi connectivity index (χ0v) is 12.8. The number of likely N-dealkylation sites (N-methyl/N-ethyl adjacent to an activating group) is 1. The van der Waals surface area contributed by atoms with E-state index in [0.717, 1.165) is 22.5 Å². The molecule has 0 saturated carbocycles. The van der Waals surface area contributed by atoms with Crippen molar-refractivity contribution in [3.63, 3.8) is 0 Å². The number of aryl methyl sites for hydroxylation is 2. The molecule has 4 heteroatoms. The van der Waals surface area contributed by atoms with Crippen LogP contribution in [0.25, 0.3) is 0 Å². The van der Waals surface area contributed by atoms with Gasteiger partial charge in [0.15, 0.2) is 0 Å². The highest BCUT2D eigenvalue weighted by molar-refractivity contribution is 5.30. The van der Waals surface area contributed by atoms with Crippen LogP contribution in [0.3, 0.4) is 0 Å². The second-order valence-electron chi connectivity index (χ2n) is 5.44. The standard InChI is InChI=1S/C17H22FN3/c1-12-7-8-14(18)9-16(12)17(10-19)21(3)11-15-6-4-5-13(2)20-15/h4-9,17H,10-11,19H2,1-3H3. The average Bonchev–Trinajstić information content (AvgIpc) is 2.43. The smallest absolute Gasteiger partial charge is 0.123 e. The number of pyridine rings is 1. The van der Waals surface area contributed by atoms with Crippen molar-refractivity contribution >= 4 is 0 Å². The first-order chi connectivity index (χ1) is 10.0. The fraction of sp³-hybridized carbons (Fsp3) is 0.353. The van der Waals surface area contributed by atoms with Crippen molar-refractivity contribution in [2.45, 2.75) is 26.4 Å². The number of nitrogens with two attached hydrogens (primary N) is 1. The van der Waals surface area contributed by atoms with E-state index in [4.69, 9.17) is 5.73 Å². The van der Waals surface area contributed by atoms with Crippen LogP contribution in [-0.2, 0) is 6.54 Å². The monoisotopic (exact) mass is 287 g/mol. The van der Waals surface area contributed by atoms with Gasteiger partial charge in [-0.1, -0.05) is 12.1 Å². The minimum atomic E-state index is -0.226. The van der Waals surface area contributed by atoms with Crippen molar-refractivity contribution in [3.8, 4) is 0 Å². The molecule has 0 aliphatic rings. The molecule has 0 saturated heterocycles. The maximum Gasteiger partial charge on any atom is 0.123 e. The van der Waals surface area contributed by atoms with E-state index in [1.807, 2.05) is 39.1 Å². The van der Waals surface area contributed by atoms with Crippen LogP contribution < -0.4 is 5.73 Å². The molecular weight excluding hydrogens is 265 g/mol. The van der Waals surface area contributed by atoms with Gasteiger partial charge in [-0.05, 0) is 56.3 Å². The maximum absolute atomic E-state index is 13.5. The fourth-order valence-corrected chi connectivity index (χ4v) is 2.57. The molecule has 1 aromatic carbocycles. The third-order valence-corrected chi connectivity index (χ3v) is 3.71. The second kappa shape index (κ2) is 6.78. The SMILES string of the molecule is Cc1cccc(CN(C)C(CN)c2cc(F)ccc2C)n1. The lowest BCUT2D eigenvalue weighted by atomic mass is 10.00. The van der Waals surface area contributed by atoms with E-state index in [0.29, 0.717) is 13.1 Å². The first kappa shape index (κ1) is 15.6. The van der Waals surface area contributed by atoms with E-state index in [-0.39, 0.29) is 11.9 Å². The summed E-state index contributed by atoms with van der Waals surface area (Å²) in [6, 6.07) is 10.8. The Bertz CT molecular complexity index is 613. The average molecular weight is 287 g/mol. The molecule has 0 amide bonds. The Labute approximate surface area is 125 Å². The summed E-state index contributed by atoms with van der Waals surface area (Å²) in [6.45, 7) is 5.07. The number of aromatic nitrogens is 1. The molecule has 112 valence electrons. The van der Waals surface area contributed by atoms with Crippen LogP contribution in [0.2, 0.25) is 0 Å².